The van der Waals surface area contributed by atoms with Gasteiger partial charge in [-0.3, -0.25) is 4.79 Å². The minimum atomic E-state index is -0.0858. The lowest BCUT2D eigenvalue weighted by molar-refractivity contribution is 0.102. The summed E-state index contributed by atoms with van der Waals surface area (Å²) in [6, 6.07) is 13.6. The number of halogens is 1. The first kappa shape index (κ1) is 15.8. The van der Waals surface area contributed by atoms with Crippen LogP contribution in [0.1, 0.15) is 42.3 Å². The molecular weight excluding hydrogens is 326 g/mol. The van der Waals surface area contributed by atoms with Crippen molar-refractivity contribution in [3.63, 3.8) is 0 Å². The van der Waals surface area contributed by atoms with Crippen LogP contribution in [0.15, 0.2) is 46.9 Å². The van der Waals surface area contributed by atoms with Crippen molar-refractivity contribution in [1.82, 2.24) is 0 Å². The zero-order valence-electron chi connectivity index (χ0n) is 12.8. The SMILES string of the molecule is Cc1ccccc1C(=O)Nc1ccc(C(C)(C)C)cc1Br. The van der Waals surface area contributed by atoms with E-state index in [1.165, 1.54) is 5.56 Å². The first-order valence-corrected chi connectivity index (χ1v) is 7.75. The second-order valence-electron chi connectivity index (χ2n) is 6.21. The monoisotopic (exact) mass is 345 g/mol. The molecule has 0 atom stereocenters. The molecular formula is C18H20BrNO. The number of aryl methyl sites for hydroxylation is 1. The third-order valence-electron chi connectivity index (χ3n) is 3.47. The van der Waals surface area contributed by atoms with E-state index in [4.69, 9.17) is 0 Å². The zero-order chi connectivity index (χ0) is 15.6. The number of rotatable bonds is 2. The predicted molar refractivity (Wildman–Crippen MR) is 92.0 cm³/mol. The molecule has 1 N–H and O–H groups in total. The Morgan fingerprint density at radius 2 is 1.76 bits per heavy atom. The van der Waals surface area contributed by atoms with E-state index in [1.807, 2.05) is 37.3 Å². The maximum absolute atomic E-state index is 12.3. The minimum Gasteiger partial charge on any atom is -0.321 e. The molecule has 0 aromatic heterocycles. The van der Waals surface area contributed by atoms with Crippen molar-refractivity contribution >= 4 is 27.5 Å². The number of hydrogen-bond donors (Lipinski definition) is 1. The summed E-state index contributed by atoms with van der Waals surface area (Å²) in [5.74, 6) is -0.0858. The minimum absolute atomic E-state index is 0.0844. The third-order valence-corrected chi connectivity index (χ3v) is 4.13. The van der Waals surface area contributed by atoms with E-state index in [0.717, 1.165) is 15.7 Å². The highest BCUT2D eigenvalue weighted by Crippen LogP contribution is 2.30. The van der Waals surface area contributed by atoms with Gasteiger partial charge in [0.05, 0.1) is 5.69 Å². The molecule has 0 bridgehead atoms. The molecule has 21 heavy (non-hydrogen) atoms. The Kier molecular flexibility index (Phi) is 4.52. The summed E-state index contributed by atoms with van der Waals surface area (Å²) in [4.78, 5) is 12.3. The Balaban J connectivity index is 2.25. The standard InChI is InChI=1S/C18H20BrNO/c1-12-7-5-6-8-14(12)17(21)20-16-10-9-13(11-15(16)19)18(2,3)4/h5-11H,1-4H3,(H,20,21). The van der Waals surface area contributed by atoms with Crippen molar-refractivity contribution in [2.75, 3.05) is 5.32 Å². The van der Waals surface area contributed by atoms with Crippen LogP contribution in [-0.4, -0.2) is 5.91 Å². The first-order valence-electron chi connectivity index (χ1n) is 6.96. The van der Waals surface area contributed by atoms with E-state index in [-0.39, 0.29) is 11.3 Å². The van der Waals surface area contributed by atoms with Crippen molar-refractivity contribution in [3.05, 3.63) is 63.6 Å². The molecule has 0 saturated carbocycles. The lowest BCUT2D eigenvalue weighted by atomic mass is 9.87. The Morgan fingerprint density at radius 1 is 1.10 bits per heavy atom. The van der Waals surface area contributed by atoms with Gasteiger partial charge in [-0.15, -0.1) is 0 Å². The Morgan fingerprint density at radius 3 is 2.33 bits per heavy atom. The molecule has 3 heteroatoms. The number of amides is 1. The van der Waals surface area contributed by atoms with Crippen LogP contribution < -0.4 is 5.32 Å². The van der Waals surface area contributed by atoms with Gasteiger partial charge in [-0.2, -0.15) is 0 Å². The van der Waals surface area contributed by atoms with Gasteiger partial charge in [0, 0.05) is 10.0 Å². The van der Waals surface area contributed by atoms with Gasteiger partial charge in [0.2, 0.25) is 0 Å². The van der Waals surface area contributed by atoms with Crippen LogP contribution in [0.4, 0.5) is 5.69 Å². The van der Waals surface area contributed by atoms with E-state index in [1.54, 1.807) is 0 Å². The van der Waals surface area contributed by atoms with Gasteiger partial charge in [-0.05, 0) is 57.6 Å². The maximum Gasteiger partial charge on any atom is 0.255 e. The van der Waals surface area contributed by atoms with Crippen LogP contribution in [0, 0.1) is 6.92 Å². The van der Waals surface area contributed by atoms with Gasteiger partial charge >= 0.3 is 0 Å². The molecule has 2 nitrogen and oxygen atoms in total. The summed E-state index contributed by atoms with van der Waals surface area (Å²) in [6.07, 6.45) is 0. The van der Waals surface area contributed by atoms with Crippen molar-refractivity contribution in [2.45, 2.75) is 33.1 Å². The summed E-state index contributed by atoms with van der Waals surface area (Å²) in [5.41, 5.74) is 3.77. The average Bonchev–Trinajstić information content (AvgIpc) is 2.40. The fraction of sp³-hybridized carbons (Fsp3) is 0.278. The molecule has 1 amide bonds. The second-order valence-corrected chi connectivity index (χ2v) is 7.07. The summed E-state index contributed by atoms with van der Waals surface area (Å²) < 4.78 is 0.900. The number of hydrogen-bond acceptors (Lipinski definition) is 1. The topological polar surface area (TPSA) is 29.1 Å². The number of benzene rings is 2. The second kappa shape index (κ2) is 6.02. The van der Waals surface area contributed by atoms with Crippen LogP contribution >= 0.6 is 15.9 Å². The predicted octanol–water partition coefficient (Wildman–Crippen LogP) is 5.31. The number of anilines is 1. The molecule has 0 aliphatic heterocycles. The van der Waals surface area contributed by atoms with Gasteiger partial charge in [-0.1, -0.05) is 45.0 Å². The van der Waals surface area contributed by atoms with Crippen LogP contribution in [0.25, 0.3) is 0 Å². The quantitative estimate of drug-likeness (QED) is 0.785. The van der Waals surface area contributed by atoms with Crippen molar-refractivity contribution in [2.24, 2.45) is 0 Å². The van der Waals surface area contributed by atoms with Gasteiger partial charge < -0.3 is 5.32 Å². The third kappa shape index (κ3) is 3.73. The van der Waals surface area contributed by atoms with Crippen LogP contribution in [0.2, 0.25) is 0 Å². The molecule has 0 aliphatic rings. The van der Waals surface area contributed by atoms with Crippen LogP contribution in [0.5, 0.6) is 0 Å². The Labute approximate surface area is 134 Å². The molecule has 0 fully saturated rings. The molecule has 2 aromatic carbocycles. The van der Waals surface area contributed by atoms with Gasteiger partial charge in [-0.25, -0.2) is 0 Å². The highest BCUT2D eigenvalue weighted by Gasteiger charge is 2.16. The molecule has 0 radical (unpaired) electrons. The van der Waals surface area contributed by atoms with Gasteiger partial charge in [0.1, 0.15) is 0 Å². The number of carbonyl (C=O) groups is 1. The van der Waals surface area contributed by atoms with Crippen molar-refractivity contribution < 1.29 is 4.79 Å². The molecule has 2 aromatic rings. The molecule has 0 saturated heterocycles. The summed E-state index contributed by atoms with van der Waals surface area (Å²) in [6.45, 7) is 8.44. The van der Waals surface area contributed by atoms with E-state index in [9.17, 15) is 4.79 Å². The molecule has 2 rings (SSSR count). The average molecular weight is 346 g/mol. The number of carbonyl (C=O) groups excluding carboxylic acids is 1. The lowest BCUT2D eigenvalue weighted by Gasteiger charge is -2.20. The molecule has 0 spiro atoms. The van der Waals surface area contributed by atoms with Crippen LogP contribution in [-0.2, 0) is 5.41 Å². The highest BCUT2D eigenvalue weighted by molar-refractivity contribution is 9.10. The fourth-order valence-corrected chi connectivity index (χ4v) is 2.58. The number of nitrogens with one attached hydrogen (secondary N) is 1. The van der Waals surface area contributed by atoms with Gasteiger partial charge in [0.25, 0.3) is 5.91 Å². The highest BCUT2D eigenvalue weighted by atomic mass is 79.9. The normalized spacial score (nSPS) is 11.3. The molecule has 0 aliphatic carbocycles. The fourth-order valence-electron chi connectivity index (χ4n) is 2.10. The zero-order valence-corrected chi connectivity index (χ0v) is 14.4. The van der Waals surface area contributed by atoms with E-state index < -0.39 is 0 Å². The van der Waals surface area contributed by atoms with E-state index >= 15 is 0 Å². The van der Waals surface area contributed by atoms with Crippen LogP contribution in [0.3, 0.4) is 0 Å². The van der Waals surface area contributed by atoms with E-state index in [0.29, 0.717) is 5.56 Å². The first-order chi connectivity index (χ1) is 9.79. The largest absolute Gasteiger partial charge is 0.321 e. The van der Waals surface area contributed by atoms with E-state index in [2.05, 4.69) is 54.2 Å². The molecule has 0 unspecified atom stereocenters. The summed E-state index contributed by atoms with van der Waals surface area (Å²) >= 11 is 3.54. The Hall–Kier alpha value is -1.61. The maximum atomic E-state index is 12.3. The Bertz CT molecular complexity index is 671. The smallest absolute Gasteiger partial charge is 0.255 e. The molecule has 110 valence electrons. The van der Waals surface area contributed by atoms with Crippen molar-refractivity contribution in [1.29, 1.82) is 0 Å². The lowest BCUT2D eigenvalue weighted by Crippen LogP contribution is -2.15. The van der Waals surface area contributed by atoms with Crippen molar-refractivity contribution in [3.8, 4) is 0 Å². The summed E-state index contributed by atoms with van der Waals surface area (Å²) in [7, 11) is 0. The molecule has 0 heterocycles. The van der Waals surface area contributed by atoms with Gasteiger partial charge in [0.15, 0.2) is 0 Å². The summed E-state index contributed by atoms with van der Waals surface area (Å²) in [5, 5.41) is 2.96.